The molecule has 2 heterocycles. The van der Waals surface area contributed by atoms with Crippen LogP contribution in [0.5, 0.6) is 5.75 Å². The molecule has 0 saturated carbocycles. The van der Waals surface area contributed by atoms with Gasteiger partial charge >= 0.3 is 0 Å². The third-order valence-corrected chi connectivity index (χ3v) is 5.12. The second kappa shape index (κ2) is 8.06. The van der Waals surface area contributed by atoms with E-state index in [2.05, 4.69) is 33.3 Å². The van der Waals surface area contributed by atoms with E-state index in [1.165, 1.54) is 23.3 Å². The SMILES string of the molecule is O=C(CN1CCN(Cc2ccc3c(c2)CCO3)CC1)Nc1ccc(F)cc1. The van der Waals surface area contributed by atoms with Gasteiger partial charge in [0.25, 0.3) is 0 Å². The maximum atomic E-state index is 12.9. The molecule has 0 unspecified atom stereocenters. The molecule has 2 aromatic carbocycles. The molecule has 1 amide bonds. The van der Waals surface area contributed by atoms with Gasteiger partial charge in [0.2, 0.25) is 5.91 Å². The summed E-state index contributed by atoms with van der Waals surface area (Å²) in [6.45, 7) is 5.70. The summed E-state index contributed by atoms with van der Waals surface area (Å²) in [5, 5.41) is 2.82. The highest BCUT2D eigenvalue weighted by Gasteiger charge is 2.20. The van der Waals surface area contributed by atoms with Crippen LogP contribution in [0.25, 0.3) is 0 Å². The summed E-state index contributed by atoms with van der Waals surface area (Å²) in [6, 6.07) is 12.3. The van der Waals surface area contributed by atoms with E-state index in [1.54, 1.807) is 12.1 Å². The average Bonchev–Trinajstić information content (AvgIpc) is 3.13. The second-order valence-electron chi connectivity index (χ2n) is 7.15. The highest BCUT2D eigenvalue weighted by molar-refractivity contribution is 5.92. The van der Waals surface area contributed by atoms with E-state index < -0.39 is 0 Å². The van der Waals surface area contributed by atoms with Gasteiger partial charge in [0, 0.05) is 44.8 Å². The summed E-state index contributed by atoms with van der Waals surface area (Å²) < 4.78 is 18.5. The lowest BCUT2D eigenvalue weighted by Gasteiger charge is -2.34. The lowest BCUT2D eigenvalue weighted by Crippen LogP contribution is -2.48. The number of fused-ring (bicyclic) bond motifs is 1. The fraction of sp³-hybridized carbons (Fsp3) is 0.381. The lowest BCUT2D eigenvalue weighted by molar-refractivity contribution is -0.117. The predicted octanol–water partition coefficient (Wildman–Crippen LogP) is 2.52. The van der Waals surface area contributed by atoms with Crippen LogP contribution >= 0.6 is 0 Å². The van der Waals surface area contributed by atoms with E-state index in [1.807, 2.05) is 0 Å². The molecule has 0 aliphatic carbocycles. The molecular weight excluding hydrogens is 345 g/mol. The minimum absolute atomic E-state index is 0.0614. The molecular formula is C21H24FN3O2. The first kappa shape index (κ1) is 17.9. The van der Waals surface area contributed by atoms with E-state index in [-0.39, 0.29) is 11.7 Å². The Balaban J connectivity index is 1.23. The molecule has 0 spiro atoms. The Hall–Kier alpha value is -2.44. The molecule has 4 rings (SSSR count). The van der Waals surface area contributed by atoms with Crippen LogP contribution in [0.1, 0.15) is 11.1 Å². The summed E-state index contributed by atoms with van der Waals surface area (Å²) in [5.41, 5.74) is 3.26. The molecule has 142 valence electrons. The number of ether oxygens (including phenoxy) is 1. The Morgan fingerprint density at radius 2 is 1.78 bits per heavy atom. The van der Waals surface area contributed by atoms with E-state index in [9.17, 15) is 9.18 Å². The van der Waals surface area contributed by atoms with Crippen LogP contribution in [0.15, 0.2) is 42.5 Å². The highest BCUT2D eigenvalue weighted by atomic mass is 19.1. The zero-order valence-electron chi connectivity index (χ0n) is 15.3. The molecule has 27 heavy (non-hydrogen) atoms. The van der Waals surface area contributed by atoms with Crippen molar-refractivity contribution in [3.05, 3.63) is 59.4 Å². The molecule has 5 nitrogen and oxygen atoms in total. The van der Waals surface area contributed by atoms with E-state index >= 15 is 0 Å². The van der Waals surface area contributed by atoms with Gasteiger partial charge in [-0.3, -0.25) is 14.6 Å². The largest absolute Gasteiger partial charge is 0.493 e. The summed E-state index contributed by atoms with van der Waals surface area (Å²) in [5.74, 6) is 0.657. The van der Waals surface area contributed by atoms with Gasteiger partial charge in [-0.15, -0.1) is 0 Å². The van der Waals surface area contributed by atoms with Gasteiger partial charge in [0.1, 0.15) is 11.6 Å². The molecule has 0 radical (unpaired) electrons. The zero-order valence-corrected chi connectivity index (χ0v) is 15.3. The number of halogens is 1. The zero-order chi connectivity index (χ0) is 18.6. The summed E-state index contributed by atoms with van der Waals surface area (Å²) >= 11 is 0. The number of nitrogens with zero attached hydrogens (tertiary/aromatic N) is 2. The predicted molar refractivity (Wildman–Crippen MR) is 102 cm³/mol. The van der Waals surface area contributed by atoms with Crippen LogP contribution < -0.4 is 10.1 Å². The fourth-order valence-corrected chi connectivity index (χ4v) is 3.64. The Bertz CT molecular complexity index is 802. The highest BCUT2D eigenvalue weighted by Crippen LogP contribution is 2.26. The van der Waals surface area contributed by atoms with Crippen molar-refractivity contribution in [2.45, 2.75) is 13.0 Å². The number of hydrogen-bond acceptors (Lipinski definition) is 4. The van der Waals surface area contributed by atoms with Gasteiger partial charge in [-0.2, -0.15) is 0 Å². The Morgan fingerprint density at radius 1 is 1.04 bits per heavy atom. The van der Waals surface area contributed by atoms with Crippen LogP contribution in [0.4, 0.5) is 10.1 Å². The number of amides is 1. The quantitative estimate of drug-likeness (QED) is 0.880. The van der Waals surface area contributed by atoms with Gasteiger partial charge < -0.3 is 10.1 Å². The summed E-state index contributed by atoms with van der Waals surface area (Å²) in [7, 11) is 0. The Kier molecular flexibility index (Phi) is 5.36. The van der Waals surface area contributed by atoms with Crippen molar-refractivity contribution < 1.29 is 13.9 Å². The molecule has 1 saturated heterocycles. The molecule has 1 N–H and O–H groups in total. The lowest BCUT2D eigenvalue weighted by atomic mass is 10.1. The summed E-state index contributed by atoms with van der Waals surface area (Å²) in [4.78, 5) is 16.8. The smallest absolute Gasteiger partial charge is 0.238 e. The van der Waals surface area contributed by atoms with E-state index in [0.717, 1.165) is 51.5 Å². The van der Waals surface area contributed by atoms with Gasteiger partial charge in [-0.05, 0) is 41.5 Å². The molecule has 0 atom stereocenters. The number of piperazine rings is 1. The van der Waals surface area contributed by atoms with Crippen molar-refractivity contribution in [3.8, 4) is 5.75 Å². The van der Waals surface area contributed by atoms with Crippen LogP contribution in [0, 0.1) is 5.82 Å². The second-order valence-corrected chi connectivity index (χ2v) is 7.15. The van der Waals surface area contributed by atoms with Crippen LogP contribution in [-0.2, 0) is 17.8 Å². The van der Waals surface area contributed by atoms with Crippen LogP contribution in [0.2, 0.25) is 0 Å². The number of hydrogen-bond donors (Lipinski definition) is 1. The number of anilines is 1. The van der Waals surface area contributed by atoms with Gasteiger partial charge in [-0.1, -0.05) is 12.1 Å². The van der Waals surface area contributed by atoms with Crippen molar-refractivity contribution >= 4 is 11.6 Å². The van der Waals surface area contributed by atoms with E-state index in [0.29, 0.717) is 12.2 Å². The maximum Gasteiger partial charge on any atom is 0.238 e. The molecule has 1 fully saturated rings. The minimum atomic E-state index is -0.306. The molecule has 0 bridgehead atoms. The van der Waals surface area contributed by atoms with Crippen molar-refractivity contribution in [2.24, 2.45) is 0 Å². The third kappa shape index (κ3) is 4.64. The monoisotopic (exact) mass is 369 g/mol. The van der Waals surface area contributed by atoms with Crippen molar-refractivity contribution in [1.82, 2.24) is 9.80 Å². The molecule has 2 aliphatic heterocycles. The number of nitrogens with one attached hydrogen (secondary N) is 1. The number of benzene rings is 2. The van der Waals surface area contributed by atoms with Crippen LogP contribution in [-0.4, -0.2) is 55.0 Å². The van der Waals surface area contributed by atoms with E-state index in [4.69, 9.17) is 4.74 Å². The van der Waals surface area contributed by atoms with Crippen molar-refractivity contribution in [1.29, 1.82) is 0 Å². The Labute approximate surface area is 158 Å². The normalized spacial score (nSPS) is 17.4. The molecule has 2 aromatic rings. The first-order valence-corrected chi connectivity index (χ1v) is 9.40. The first-order chi connectivity index (χ1) is 13.2. The standard InChI is InChI=1S/C21H24FN3O2/c22-18-2-4-19(5-3-18)23-21(26)15-25-10-8-24(9-11-25)14-16-1-6-20-17(13-16)7-12-27-20/h1-6,13H,7-12,14-15H2,(H,23,26). The van der Waals surface area contributed by atoms with Gasteiger partial charge in [0.15, 0.2) is 0 Å². The average molecular weight is 369 g/mol. The molecule has 2 aliphatic rings. The molecule has 6 heteroatoms. The topological polar surface area (TPSA) is 44.8 Å². The fourth-order valence-electron chi connectivity index (χ4n) is 3.64. The number of carbonyl (C=O) groups excluding carboxylic acids is 1. The van der Waals surface area contributed by atoms with Crippen molar-refractivity contribution in [2.75, 3.05) is 44.6 Å². The molecule has 0 aromatic heterocycles. The third-order valence-electron chi connectivity index (χ3n) is 5.12. The van der Waals surface area contributed by atoms with Crippen molar-refractivity contribution in [3.63, 3.8) is 0 Å². The maximum absolute atomic E-state index is 12.9. The van der Waals surface area contributed by atoms with Gasteiger partial charge in [0.05, 0.1) is 13.2 Å². The van der Waals surface area contributed by atoms with Crippen LogP contribution in [0.3, 0.4) is 0 Å². The first-order valence-electron chi connectivity index (χ1n) is 9.40. The number of carbonyl (C=O) groups is 1. The summed E-state index contributed by atoms with van der Waals surface area (Å²) in [6.07, 6.45) is 1.00. The van der Waals surface area contributed by atoms with Gasteiger partial charge in [-0.25, -0.2) is 4.39 Å². The number of rotatable bonds is 5. The Morgan fingerprint density at radius 3 is 2.56 bits per heavy atom. The minimum Gasteiger partial charge on any atom is -0.493 e.